The van der Waals surface area contributed by atoms with E-state index in [2.05, 4.69) is 45.3 Å². The average Bonchev–Trinajstić information content (AvgIpc) is 2.69. The van der Waals surface area contributed by atoms with E-state index < -0.39 is 0 Å². The molecular formula is C18H30N2O2S2. The van der Waals surface area contributed by atoms with Crippen molar-refractivity contribution in [1.29, 1.82) is 0 Å². The quantitative estimate of drug-likeness (QED) is 0.570. The predicted octanol–water partition coefficient (Wildman–Crippen LogP) is 4.91. The van der Waals surface area contributed by atoms with E-state index in [-0.39, 0.29) is 16.9 Å². The fourth-order valence-electron chi connectivity index (χ4n) is 3.22. The molecule has 4 nitrogen and oxygen atoms in total. The fraction of sp³-hybridized carbons (Fsp3) is 0.667. The molecule has 0 amide bonds. The van der Waals surface area contributed by atoms with Crippen molar-refractivity contribution in [3.63, 3.8) is 0 Å². The Hall–Kier alpha value is -1.14. The highest BCUT2D eigenvalue weighted by atomic mass is 32.1. The van der Waals surface area contributed by atoms with E-state index in [1.807, 2.05) is 13.8 Å². The van der Waals surface area contributed by atoms with Crippen LogP contribution in [0, 0.1) is 12.3 Å². The second kappa shape index (κ2) is 7.83. The van der Waals surface area contributed by atoms with Crippen LogP contribution in [0.5, 0.6) is 0 Å². The van der Waals surface area contributed by atoms with Crippen molar-refractivity contribution in [2.45, 2.75) is 66.8 Å². The number of hydrogen-bond donors (Lipinski definition) is 2. The van der Waals surface area contributed by atoms with Crippen LogP contribution in [-0.4, -0.2) is 23.7 Å². The van der Waals surface area contributed by atoms with Crippen molar-refractivity contribution < 1.29 is 9.53 Å². The second-order valence-corrected chi connectivity index (χ2v) is 9.52. The molecule has 24 heavy (non-hydrogen) atoms. The zero-order chi connectivity index (χ0) is 18.7. The van der Waals surface area contributed by atoms with Crippen molar-refractivity contribution in [2.24, 2.45) is 5.41 Å². The van der Waals surface area contributed by atoms with Gasteiger partial charge in [-0.2, -0.15) is 0 Å². The lowest BCUT2D eigenvalue weighted by Gasteiger charge is -2.34. The van der Waals surface area contributed by atoms with Gasteiger partial charge in [0, 0.05) is 10.4 Å². The maximum atomic E-state index is 12.2. The van der Waals surface area contributed by atoms with Gasteiger partial charge in [-0.1, -0.05) is 27.7 Å². The second-order valence-electron chi connectivity index (χ2n) is 7.89. The van der Waals surface area contributed by atoms with Crippen LogP contribution in [-0.2, 0) is 11.2 Å². The Morgan fingerprint density at radius 1 is 1.25 bits per heavy atom. The Bertz CT molecular complexity index is 613. The van der Waals surface area contributed by atoms with Crippen LogP contribution in [0.3, 0.4) is 0 Å². The molecule has 0 atom stereocenters. The molecule has 0 aliphatic heterocycles. The molecule has 1 aromatic heterocycles. The molecular weight excluding hydrogens is 340 g/mol. The topological polar surface area (TPSA) is 50.4 Å². The number of methoxy groups -OCH3 is 1. The molecule has 0 spiro atoms. The zero-order valence-corrected chi connectivity index (χ0v) is 17.7. The van der Waals surface area contributed by atoms with E-state index in [1.165, 1.54) is 18.4 Å². The van der Waals surface area contributed by atoms with Crippen LogP contribution in [0.4, 0.5) is 5.00 Å². The number of nitrogens with one attached hydrogen (secondary N) is 2. The Labute approximate surface area is 155 Å². The minimum absolute atomic E-state index is 0.145. The smallest absolute Gasteiger partial charge is 0.341 e. The van der Waals surface area contributed by atoms with Crippen molar-refractivity contribution in [2.75, 3.05) is 12.4 Å². The van der Waals surface area contributed by atoms with Crippen LogP contribution >= 0.6 is 23.6 Å². The van der Waals surface area contributed by atoms with Crippen molar-refractivity contribution in [3.8, 4) is 0 Å². The van der Waals surface area contributed by atoms with Crippen molar-refractivity contribution in [1.82, 2.24) is 5.32 Å². The molecule has 0 saturated carbocycles. The first-order valence-corrected chi connectivity index (χ1v) is 9.42. The lowest BCUT2D eigenvalue weighted by atomic mass is 9.82. The number of ether oxygens (including phenoxy) is 1. The van der Waals surface area contributed by atoms with Gasteiger partial charge >= 0.3 is 5.97 Å². The number of carbonyl (C=O) groups is 1. The summed E-state index contributed by atoms with van der Waals surface area (Å²) in [5.41, 5.74) is 1.66. The summed E-state index contributed by atoms with van der Waals surface area (Å²) >= 11 is 7.01. The van der Waals surface area contributed by atoms with Crippen molar-refractivity contribution >= 4 is 39.6 Å². The third-order valence-electron chi connectivity index (χ3n) is 3.60. The molecule has 1 heterocycles. The monoisotopic (exact) mass is 370 g/mol. The van der Waals surface area contributed by atoms with Gasteiger partial charge in [0.1, 0.15) is 5.00 Å². The van der Waals surface area contributed by atoms with Gasteiger partial charge in [0.05, 0.1) is 12.7 Å². The molecule has 0 radical (unpaired) electrons. The predicted molar refractivity (Wildman–Crippen MR) is 107 cm³/mol. The largest absolute Gasteiger partial charge is 0.465 e. The highest BCUT2D eigenvalue weighted by Crippen LogP contribution is 2.34. The average molecular weight is 371 g/mol. The number of carbonyl (C=O) groups excluding carboxylic acids is 1. The summed E-state index contributed by atoms with van der Waals surface area (Å²) in [6, 6.07) is 0. The van der Waals surface area contributed by atoms with Crippen LogP contribution in [0.1, 0.15) is 68.8 Å². The summed E-state index contributed by atoms with van der Waals surface area (Å²) in [6.07, 6.45) is 1.75. The third kappa shape index (κ3) is 5.74. The maximum Gasteiger partial charge on any atom is 0.341 e. The molecule has 0 fully saturated rings. The van der Waals surface area contributed by atoms with E-state index in [4.69, 9.17) is 17.0 Å². The van der Waals surface area contributed by atoms with E-state index >= 15 is 0 Å². The van der Waals surface area contributed by atoms with Gasteiger partial charge in [-0.25, -0.2) is 4.79 Å². The number of rotatable bonds is 5. The van der Waals surface area contributed by atoms with Gasteiger partial charge in [-0.15, -0.1) is 11.3 Å². The summed E-state index contributed by atoms with van der Waals surface area (Å²) in [4.78, 5) is 13.3. The minimum Gasteiger partial charge on any atom is -0.465 e. The lowest BCUT2D eigenvalue weighted by Crippen LogP contribution is -2.47. The Balaban J connectivity index is 2.97. The third-order valence-corrected chi connectivity index (χ3v) is 4.87. The van der Waals surface area contributed by atoms with Gasteiger partial charge in [0.2, 0.25) is 0 Å². The SMILES string of the molecule is CCc1c(C)sc(NC(=S)NC(C)(C)CC(C)(C)C)c1C(=O)OC. The molecule has 0 unspecified atom stereocenters. The number of aryl methyl sites for hydroxylation is 1. The van der Waals surface area contributed by atoms with Gasteiger partial charge in [-0.05, 0) is 56.8 Å². The minimum atomic E-state index is -0.324. The van der Waals surface area contributed by atoms with E-state index in [0.29, 0.717) is 10.7 Å². The molecule has 0 bridgehead atoms. The normalized spacial score (nSPS) is 12.0. The van der Waals surface area contributed by atoms with E-state index in [0.717, 1.165) is 28.3 Å². The van der Waals surface area contributed by atoms with Crippen LogP contribution in [0.15, 0.2) is 0 Å². The van der Waals surface area contributed by atoms with E-state index in [1.54, 1.807) is 0 Å². The van der Waals surface area contributed by atoms with Gasteiger partial charge in [0.25, 0.3) is 0 Å². The van der Waals surface area contributed by atoms with Crippen LogP contribution in [0.2, 0.25) is 0 Å². The molecule has 0 aliphatic rings. The maximum absolute atomic E-state index is 12.2. The molecule has 2 N–H and O–H groups in total. The van der Waals surface area contributed by atoms with Crippen LogP contribution < -0.4 is 10.6 Å². The Morgan fingerprint density at radius 3 is 2.29 bits per heavy atom. The highest BCUT2D eigenvalue weighted by molar-refractivity contribution is 7.80. The Morgan fingerprint density at radius 2 is 1.83 bits per heavy atom. The molecule has 0 saturated heterocycles. The summed E-state index contributed by atoms with van der Waals surface area (Å²) in [5, 5.41) is 7.84. The molecule has 1 rings (SSSR count). The highest BCUT2D eigenvalue weighted by Gasteiger charge is 2.27. The van der Waals surface area contributed by atoms with Crippen LogP contribution in [0.25, 0.3) is 0 Å². The summed E-state index contributed by atoms with van der Waals surface area (Å²) in [6.45, 7) is 14.9. The zero-order valence-electron chi connectivity index (χ0n) is 16.0. The number of esters is 1. The number of thiocarbonyl (C=S) groups is 1. The lowest BCUT2D eigenvalue weighted by molar-refractivity contribution is 0.0601. The molecule has 0 aromatic carbocycles. The van der Waals surface area contributed by atoms with Crippen molar-refractivity contribution in [3.05, 3.63) is 16.0 Å². The summed E-state index contributed by atoms with van der Waals surface area (Å²) in [5.74, 6) is -0.324. The number of anilines is 1. The van der Waals surface area contributed by atoms with E-state index in [9.17, 15) is 4.79 Å². The Kier molecular flexibility index (Phi) is 6.82. The molecule has 0 aliphatic carbocycles. The van der Waals surface area contributed by atoms with Gasteiger partial charge < -0.3 is 15.4 Å². The van der Waals surface area contributed by atoms with Gasteiger partial charge in [-0.3, -0.25) is 0 Å². The summed E-state index contributed by atoms with van der Waals surface area (Å²) in [7, 11) is 1.40. The molecule has 136 valence electrons. The molecule has 6 heteroatoms. The molecule has 1 aromatic rings. The first kappa shape index (κ1) is 20.9. The first-order valence-electron chi connectivity index (χ1n) is 8.20. The summed E-state index contributed by atoms with van der Waals surface area (Å²) < 4.78 is 4.95. The fourth-order valence-corrected chi connectivity index (χ4v) is 4.80. The number of thiophene rings is 1. The standard InChI is InChI=1S/C18H30N2O2S2/c1-9-12-11(2)24-14(13(12)15(21)22-8)19-16(23)20-18(6,7)10-17(3,4)5/h9-10H2,1-8H3,(H2,19,20,23). The number of hydrogen-bond acceptors (Lipinski definition) is 4. The van der Waals surface area contributed by atoms with Gasteiger partial charge in [0.15, 0.2) is 5.11 Å². The first-order chi connectivity index (χ1) is 10.9.